The lowest BCUT2D eigenvalue weighted by molar-refractivity contribution is -0.153. The van der Waals surface area contributed by atoms with Crippen molar-refractivity contribution in [2.24, 2.45) is 5.41 Å². The first-order valence-corrected chi connectivity index (χ1v) is 6.82. The minimum atomic E-state index is -3.14. The minimum Gasteiger partial charge on any atom is -0.481 e. The van der Waals surface area contributed by atoms with Crippen molar-refractivity contribution in [2.45, 2.75) is 52.4 Å². The summed E-state index contributed by atoms with van der Waals surface area (Å²) in [5, 5.41) is 8.97. The summed E-state index contributed by atoms with van der Waals surface area (Å²) in [6.07, 6.45) is 0.236. The summed E-state index contributed by atoms with van der Waals surface area (Å²) in [6.45, 7) is 6.72. The van der Waals surface area contributed by atoms with Crippen LogP contribution in [0.3, 0.4) is 0 Å². The van der Waals surface area contributed by atoms with Crippen LogP contribution in [0.15, 0.2) is 24.3 Å². The Balaban J connectivity index is 2.95. The average Bonchev–Trinajstić information content (AvgIpc) is 2.36. The maximum absolute atomic E-state index is 14.2. The molecule has 0 heterocycles. The van der Waals surface area contributed by atoms with Gasteiger partial charge in [-0.15, -0.1) is 0 Å². The number of carboxylic acid groups (broad SMARTS) is 1. The molecule has 2 nitrogen and oxygen atoms in total. The van der Waals surface area contributed by atoms with Gasteiger partial charge in [-0.3, -0.25) is 4.79 Å². The van der Waals surface area contributed by atoms with Gasteiger partial charge in [0.2, 0.25) is 0 Å². The van der Waals surface area contributed by atoms with Crippen LogP contribution in [0.5, 0.6) is 0 Å². The molecule has 0 fully saturated rings. The summed E-state index contributed by atoms with van der Waals surface area (Å²) in [5.74, 6) is -4.03. The van der Waals surface area contributed by atoms with Crippen LogP contribution in [-0.4, -0.2) is 11.1 Å². The van der Waals surface area contributed by atoms with Gasteiger partial charge >= 0.3 is 5.97 Å². The van der Waals surface area contributed by atoms with Crippen molar-refractivity contribution in [1.82, 2.24) is 0 Å². The number of benzene rings is 1. The third-order valence-electron chi connectivity index (χ3n) is 3.76. The highest BCUT2D eigenvalue weighted by atomic mass is 19.3. The number of alkyl halides is 2. The van der Waals surface area contributed by atoms with Crippen molar-refractivity contribution in [3.05, 3.63) is 35.4 Å². The van der Waals surface area contributed by atoms with E-state index in [0.717, 1.165) is 12.0 Å². The maximum Gasteiger partial charge on any atom is 0.309 e. The van der Waals surface area contributed by atoms with Gasteiger partial charge in [-0.05, 0) is 31.7 Å². The molecule has 1 rings (SSSR count). The fourth-order valence-corrected chi connectivity index (χ4v) is 2.02. The standard InChI is InChI=1S/C16H22F2O2/c1-5-11(2)12-6-8-13(9-7-12)16(17,18)10-15(3,4)14(19)20/h6-9,11H,5,10H2,1-4H3,(H,19,20). The summed E-state index contributed by atoms with van der Waals surface area (Å²) < 4.78 is 28.3. The van der Waals surface area contributed by atoms with E-state index >= 15 is 0 Å². The lowest BCUT2D eigenvalue weighted by Gasteiger charge is -2.26. The van der Waals surface area contributed by atoms with Gasteiger partial charge in [0, 0.05) is 12.0 Å². The normalized spacial score (nSPS) is 14.1. The Hall–Kier alpha value is -1.45. The van der Waals surface area contributed by atoms with Crippen molar-refractivity contribution in [3.8, 4) is 0 Å². The van der Waals surface area contributed by atoms with Gasteiger partial charge in [-0.2, -0.15) is 0 Å². The Kier molecular flexibility index (Phi) is 4.90. The quantitative estimate of drug-likeness (QED) is 0.815. The molecule has 0 saturated heterocycles. The third-order valence-corrected chi connectivity index (χ3v) is 3.76. The Morgan fingerprint density at radius 2 is 1.75 bits per heavy atom. The fourth-order valence-electron chi connectivity index (χ4n) is 2.02. The second kappa shape index (κ2) is 5.90. The van der Waals surface area contributed by atoms with E-state index in [-0.39, 0.29) is 5.56 Å². The van der Waals surface area contributed by atoms with Gasteiger partial charge < -0.3 is 5.11 Å². The number of hydrogen-bond acceptors (Lipinski definition) is 1. The Bertz CT molecular complexity index is 464. The molecule has 0 aliphatic carbocycles. The van der Waals surface area contributed by atoms with Crippen molar-refractivity contribution in [3.63, 3.8) is 0 Å². The molecule has 0 radical (unpaired) electrons. The van der Waals surface area contributed by atoms with Crippen LogP contribution in [0, 0.1) is 5.41 Å². The highest BCUT2D eigenvalue weighted by molar-refractivity contribution is 5.73. The summed E-state index contributed by atoms with van der Waals surface area (Å²) in [6, 6.07) is 6.20. The van der Waals surface area contributed by atoms with Gasteiger partial charge in [-0.25, -0.2) is 8.78 Å². The van der Waals surface area contributed by atoms with E-state index in [1.54, 1.807) is 12.1 Å². The molecule has 20 heavy (non-hydrogen) atoms. The number of aliphatic carboxylic acids is 1. The molecule has 1 aromatic rings. The predicted octanol–water partition coefficient (Wildman–Crippen LogP) is 4.79. The largest absolute Gasteiger partial charge is 0.481 e. The molecule has 0 aromatic heterocycles. The molecule has 1 N–H and O–H groups in total. The molecule has 0 spiro atoms. The second-order valence-electron chi connectivity index (χ2n) is 6.00. The minimum absolute atomic E-state index is 0.126. The van der Waals surface area contributed by atoms with Gasteiger partial charge in [0.25, 0.3) is 5.92 Å². The molecule has 1 atom stereocenters. The average molecular weight is 284 g/mol. The number of halogens is 2. The van der Waals surface area contributed by atoms with Crippen molar-refractivity contribution >= 4 is 5.97 Å². The molecule has 0 aliphatic rings. The summed E-state index contributed by atoms with van der Waals surface area (Å²) in [5.41, 5.74) is -0.567. The number of carboxylic acids is 1. The first-order valence-electron chi connectivity index (χ1n) is 6.82. The van der Waals surface area contributed by atoms with Crippen LogP contribution < -0.4 is 0 Å². The van der Waals surface area contributed by atoms with Crippen molar-refractivity contribution < 1.29 is 18.7 Å². The van der Waals surface area contributed by atoms with Crippen molar-refractivity contribution in [1.29, 1.82) is 0 Å². The number of rotatable bonds is 6. The van der Waals surface area contributed by atoms with E-state index in [2.05, 4.69) is 0 Å². The van der Waals surface area contributed by atoms with Gasteiger partial charge in [0.15, 0.2) is 0 Å². The highest BCUT2D eigenvalue weighted by Gasteiger charge is 2.42. The first kappa shape index (κ1) is 16.6. The summed E-state index contributed by atoms with van der Waals surface area (Å²) in [4.78, 5) is 11.0. The molecule has 112 valence electrons. The summed E-state index contributed by atoms with van der Waals surface area (Å²) >= 11 is 0. The molecule has 0 saturated carbocycles. The molecule has 4 heteroatoms. The van der Waals surface area contributed by atoms with Crippen LogP contribution in [0.4, 0.5) is 8.78 Å². The van der Waals surface area contributed by atoms with Crippen LogP contribution in [0.25, 0.3) is 0 Å². The van der Waals surface area contributed by atoms with E-state index < -0.39 is 23.7 Å². The second-order valence-corrected chi connectivity index (χ2v) is 6.00. The van der Waals surface area contributed by atoms with E-state index in [4.69, 9.17) is 5.11 Å². The topological polar surface area (TPSA) is 37.3 Å². The van der Waals surface area contributed by atoms with E-state index in [9.17, 15) is 13.6 Å². The lowest BCUT2D eigenvalue weighted by atomic mass is 9.84. The number of hydrogen-bond donors (Lipinski definition) is 1. The Labute approximate surface area is 118 Å². The molecular weight excluding hydrogens is 262 g/mol. The zero-order valence-corrected chi connectivity index (χ0v) is 12.4. The zero-order chi connectivity index (χ0) is 15.6. The predicted molar refractivity (Wildman–Crippen MR) is 75.1 cm³/mol. The lowest BCUT2D eigenvalue weighted by Crippen LogP contribution is -2.31. The van der Waals surface area contributed by atoms with Crippen LogP contribution in [0.1, 0.15) is 57.6 Å². The zero-order valence-electron chi connectivity index (χ0n) is 12.4. The highest BCUT2D eigenvalue weighted by Crippen LogP contribution is 2.40. The molecular formula is C16H22F2O2. The molecule has 0 bridgehead atoms. The fraction of sp³-hybridized carbons (Fsp3) is 0.562. The van der Waals surface area contributed by atoms with E-state index in [1.807, 2.05) is 13.8 Å². The third kappa shape index (κ3) is 3.78. The maximum atomic E-state index is 14.2. The molecule has 0 amide bonds. The van der Waals surface area contributed by atoms with Crippen LogP contribution in [0.2, 0.25) is 0 Å². The van der Waals surface area contributed by atoms with Crippen LogP contribution in [-0.2, 0) is 10.7 Å². The Morgan fingerprint density at radius 3 is 2.15 bits per heavy atom. The SMILES string of the molecule is CCC(C)c1ccc(C(F)(F)CC(C)(C)C(=O)O)cc1. The molecule has 0 aliphatic heterocycles. The van der Waals surface area contributed by atoms with E-state index in [1.165, 1.54) is 26.0 Å². The molecule has 1 unspecified atom stereocenters. The van der Waals surface area contributed by atoms with Crippen molar-refractivity contribution in [2.75, 3.05) is 0 Å². The van der Waals surface area contributed by atoms with Gasteiger partial charge in [0.05, 0.1) is 5.41 Å². The Morgan fingerprint density at radius 1 is 1.25 bits per heavy atom. The molecule has 1 aromatic carbocycles. The van der Waals surface area contributed by atoms with Gasteiger partial charge in [-0.1, -0.05) is 38.1 Å². The summed E-state index contributed by atoms with van der Waals surface area (Å²) in [7, 11) is 0. The monoisotopic (exact) mass is 284 g/mol. The number of carbonyl (C=O) groups is 1. The first-order chi connectivity index (χ1) is 9.10. The smallest absolute Gasteiger partial charge is 0.309 e. The van der Waals surface area contributed by atoms with E-state index in [0.29, 0.717) is 5.92 Å². The van der Waals surface area contributed by atoms with Gasteiger partial charge in [0.1, 0.15) is 0 Å². The van der Waals surface area contributed by atoms with Crippen LogP contribution >= 0.6 is 0 Å².